The number of pyridine rings is 1. The molecule has 1 N–H and O–H groups in total. The Bertz CT molecular complexity index is 471. The number of unbranched alkanes of at least 4 members (excludes halogenated alkanes) is 2. The fourth-order valence-corrected chi connectivity index (χ4v) is 1.75. The molecular formula is C13H16ClN3O2. The SMILES string of the molecule is COC(=O)CCCCCNc1nccc(C#N)c1Cl. The number of hydrogen-bond donors (Lipinski definition) is 1. The van der Waals surface area contributed by atoms with Crippen LogP contribution in [0.25, 0.3) is 0 Å². The van der Waals surface area contributed by atoms with Crippen molar-refractivity contribution in [2.45, 2.75) is 25.7 Å². The summed E-state index contributed by atoms with van der Waals surface area (Å²) in [5, 5.41) is 12.3. The number of halogens is 1. The van der Waals surface area contributed by atoms with Crippen molar-refractivity contribution in [2.75, 3.05) is 19.0 Å². The summed E-state index contributed by atoms with van der Waals surface area (Å²) in [6.07, 6.45) is 4.60. The zero-order chi connectivity index (χ0) is 14.1. The van der Waals surface area contributed by atoms with E-state index in [1.807, 2.05) is 6.07 Å². The number of carbonyl (C=O) groups excluding carboxylic acids is 1. The van der Waals surface area contributed by atoms with Crippen molar-refractivity contribution < 1.29 is 9.53 Å². The molecule has 1 aromatic heterocycles. The largest absolute Gasteiger partial charge is 0.469 e. The van der Waals surface area contributed by atoms with Crippen LogP contribution in [0.4, 0.5) is 5.82 Å². The Kier molecular flexibility index (Phi) is 6.69. The molecule has 0 aliphatic rings. The van der Waals surface area contributed by atoms with Crippen LogP contribution >= 0.6 is 11.6 Å². The Labute approximate surface area is 117 Å². The summed E-state index contributed by atoms with van der Waals surface area (Å²) >= 11 is 6.00. The fraction of sp³-hybridized carbons (Fsp3) is 0.462. The van der Waals surface area contributed by atoms with Crippen molar-refractivity contribution >= 4 is 23.4 Å². The third kappa shape index (κ3) is 5.14. The van der Waals surface area contributed by atoms with Gasteiger partial charge in [0.05, 0.1) is 12.7 Å². The van der Waals surface area contributed by atoms with Crippen LogP contribution in [0.1, 0.15) is 31.2 Å². The van der Waals surface area contributed by atoms with Gasteiger partial charge in [0.2, 0.25) is 0 Å². The number of rotatable bonds is 7. The maximum atomic E-state index is 10.9. The number of esters is 1. The van der Waals surface area contributed by atoms with Crippen molar-refractivity contribution in [3.63, 3.8) is 0 Å². The summed E-state index contributed by atoms with van der Waals surface area (Å²) in [6.45, 7) is 0.697. The maximum absolute atomic E-state index is 10.9. The molecule has 0 saturated carbocycles. The number of nitrogens with one attached hydrogen (secondary N) is 1. The van der Waals surface area contributed by atoms with Gasteiger partial charge in [-0.1, -0.05) is 18.0 Å². The Hall–Kier alpha value is -1.80. The third-order valence-corrected chi connectivity index (χ3v) is 2.97. The Morgan fingerprint density at radius 3 is 3.00 bits per heavy atom. The highest BCUT2D eigenvalue weighted by atomic mass is 35.5. The molecule has 19 heavy (non-hydrogen) atoms. The summed E-state index contributed by atoms with van der Waals surface area (Å²) in [4.78, 5) is 15.0. The lowest BCUT2D eigenvalue weighted by Crippen LogP contribution is -2.05. The molecular weight excluding hydrogens is 266 g/mol. The Morgan fingerprint density at radius 2 is 2.32 bits per heavy atom. The van der Waals surface area contributed by atoms with Crippen molar-refractivity contribution in [3.8, 4) is 6.07 Å². The highest BCUT2D eigenvalue weighted by Crippen LogP contribution is 2.22. The minimum absolute atomic E-state index is 0.181. The molecule has 6 heteroatoms. The van der Waals surface area contributed by atoms with E-state index in [-0.39, 0.29) is 5.97 Å². The first-order chi connectivity index (χ1) is 9.19. The van der Waals surface area contributed by atoms with E-state index in [1.165, 1.54) is 7.11 Å². The lowest BCUT2D eigenvalue weighted by Gasteiger charge is -2.07. The quantitative estimate of drug-likeness (QED) is 0.614. The highest BCUT2D eigenvalue weighted by Gasteiger charge is 2.06. The molecule has 0 bridgehead atoms. The van der Waals surface area contributed by atoms with Crippen molar-refractivity contribution in [1.29, 1.82) is 5.26 Å². The van der Waals surface area contributed by atoms with Crippen molar-refractivity contribution in [2.24, 2.45) is 0 Å². The summed E-state index contributed by atoms with van der Waals surface area (Å²) in [5.74, 6) is 0.341. The number of anilines is 1. The van der Waals surface area contributed by atoms with Gasteiger partial charge in [-0.3, -0.25) is 4.79 Å². The van der Waals surface area contributed by atoms with Crippen LogP contribution in [-0.4, -0.2) is 24.6 Å². The van der Waals surface area contributed by atoms with Crippen molar-refractivity contribution in [3.05, 3.63) is 22.8 Å². The molecule has 1 rings (SSSR count). The molecule has 0 unspecified atom stereocenters. The second-order valence-electron chi connectivity index (χ2n) is 3.95. The molecule has 0 aliphatic heterocycles. The van der Waals surface area contributed by atoms with Crippen LogP contribution in [0.2, 0.25) is 5.02 Å². The van der Waals surface area contributed by atoms with E-state index >= 15 is 0 Å². The van der Waals surface area contributed by atoms with E-state index in [9.17, 15) is 4.79 Å². The van der Waals surface area contributed by atoms with Gasteiger partial charge in [0.1, 0.15) is 16.9 Å². The molecule has 0 fully saturated rings. The van der Waals surface area contributed by atoms with Crippen LogP contribution in [0.3, 0.4) is 0 Å². The van der Waals surface area contributed by atoms with Gasteiger partial charge < -0.3 is 10.1 Å². The number of aromatic nitrogens is 1. The Balaban J connectivity index is 2.27. The van der Waals surface area contributed by atoms with Gasteiger partial charge in [0, 0.05) is 19.2 Å². The van der Waals surface area contributed by atoms with Gasteiger partial charge in [-0.15, -0.1) is 0 Å². The van der Waals surface area contributed by atoms with E-state index in [4.69, 9.17) is 16.9 Å². The molecule has 0 spiro atoms. The van der Waals surface area contributed by atoms with Gasteiger partial charge in [0.25, 0.3) is 0 Å². The molecule has 0 aromatic carbocycles. The zero-order valence-electron chi connectivity index (χ0n) is 10.8. The van der Waals surface area contributed by atoms with Crippen LogP contribution in [0.15, 0.2) is 12.3 Å². The number of nitriles is 1. The molecule has 1 heterocycles. The zero-order valence-corrected chi connectivity index (χ0v) is 11.5. The number of ether oxygens (including phenoxy) is 1. The fourth-order valence-electron chi connectivity index (χ4n) is 1.53. The first-order valence-electron chi connectivity index (χ1n) is 6.04. The monoisotopic (exact) mass is 281 g/mol. The van der Waals surface area contributed by atoms with Gasteiger partial charge in [-0.05, 0) is 18.9 Å². The number of methoxy groups -OCH3 is 1. The number of carbonyl (C=O) groups is 1. The molecule has 0 aliphatic carbocycles. The lowest BCUT2D eigenvalue weighted by molar-refractivity contribution is -0.140. The Morgan fingerprint density at radius 1 is 1.53 bits per heavy atom. The van der Waals surface area contributed by atoms with E-state index in [2.05, 4.69) is 15.0 Å². The average molecular weight is 282 g/mol. The number of nitrogens with zero attached hydrogens (tertiary/aromatic N) is 2. The molecule has 102 valence electrons. The third-order valence-electron chi connectivity index (χ3n) is 2.59. The average Bonchev–Trinajstić information content (AvgIpc) is 2.43. The van der Waals surface area contributed by atoms with E-state index in [0.717, 1.165) is 19.3 Å². The smallest absolute Gasteiger partial charge is 0.305 e. The van der Waals surface area contributed by atoms with Gasteiger partial charge in [-0.2, -0.15) is 5.26 Å². The highest BCUT2D eigenvalue weighted by molar-refractivity contribution is 6.34. The van der Waals surface area contributed by atoms with Crippen LogP contribution in [-0.2, 0) is 9.53 Å². The summed E-state index contributed by atoms with van der Waals surface area (Å²) < 4.78 is 4.55. The van der Waals surface area contributed by atoms with E-state index < -0.39 is 0 Å². The summed E-state index contributed by atoms with van der Waals surface area (Å²) in [6, 6.07) is 3.58. The minimum Gasteiger partial charge on any atom is -0.469 e. The molecule has 0 saturated heterocycles. The summed E-state index contributed by atoms with van der Waals surface area (Å²) in [5.41, 5.74) is 0.407. The van der Waals surface area contributed by atoms with Crippen molar-refractivity contribution in [1.82, 2.24) is 4.98 Å². The van der Waals surface area contributed by atoms with Gasteiger partial charge in [-0.25, -0.2) is 4.98 Å². The normalized spacial score (nSPS) is 9.74. The lowest BCUT2D eigenvalue weighted by atomic mass is 10.2. The van der Waals surface area contributed by atoms with Crippen LogP contribution < -0.4 is 5.32 Å². The second kappa shape index (κ2) is 8.33. The second-order valence-corrected chi connectivity index (χ2v) is 4.32. The van der Waals surface area contributed by atoms with E-state index in [0.29, 0.717) is 29.4 Å². The van der Waals surface area contributed by atoms with Gasteiger partial charge in [0.15, 0.2) is 0 Å². The molecule has 0 amide bonds. The molecule has 0 atom stereocenters. The number of hydrogen-bond acceptors (Lipinski definition) is 5. The molecule has 5 nitrogen and oxygen atoms in total. The maximum Gasteiger partial charge on any atom is 0.305 e. The standard InChI is InChI=1S/C13H16ClN3O2/c1-19-11(18)5-3-2-4-7-16-13-12(14)10(9-15)6-8-17-13/h6,8H,2-5,7H2,1H3,(H,16,17). The van der Waals surface area contributed by atoms with Crippen LogP contribution in [0, 0.1) is 11.3 Å². The summed E-state index contributed by atoms with van der Waals surface area (Å²) in [7, 11) is 1.39. The predicted octanol–water partition coefficient (Wildman–Crippen LogP) is 2.75. The first-order valence-corrected chi connectivity index (χ1v) is 6.42. The van der Waals surface area contributed by atoms with Crippen LogP contribution in [0.5, 0.6) is 0 Å². The molecule has 0 radical (unpaired) electrons. The predicted molar refractivity (Wildman–Crippen MR) is 72.9 cm³/mol. The van der Waals surface area contributed by atoms with Gasteiger partial charge >= 0.3 is 5.97 Å². The molecule has 1 aromatic rings. The van der Waals surface area contributed by atoms with E-state index in [1.54, 1.807) is 12.3 Å². The minimum atomic E-state index is -0.181. The topological polar surface area (TPSA) is 75.0 Å². The first kappa shape index (κ1) is 15.3.